The zero-order valence-electron chi connectivity index (χ0n) is 54.3. The number of unbranched alkanes of at least 4 members (excludes halogenated alkanes) is 3. The molecule has 0 aliphatic carbocycles. The van der Waals surface area contributed by atoms with Gasteiger partial charge in [0.1, 0.15) is 79.4 Å². The molecule has 0 bridgehead atoms. The second-order valence-electron chi connectivity index (χ2n) is 23.8. The van der Waals surface area contributed by atoms with Crippen molar-refractivity contribution in [2.75, 3.05) is 46.0 Å². The monoisotopic (exact) mass is 1430 g/mol. The Labute approximate surface area is 590 Å². The number of hydrogen-bond donors (Lipinski definition) is 1. The number of carbonyl (C=O) groups excluding carboxylic acids is 2. The fourth-order valence-electron chi connectivity index (χ4n) is 11.9. The van der Waals surface area contributed by atoms with Crippen LogP contribution < -0.4 is 10.1 Å². The van der Waals surface area contributed by atoms with Crippen LogP contribution >= 0.6 is 46.4 Å². The van der Waals surface area contributed by atoms with Crippen LogP contribution in [-0.2, 0) is 109 Å². The van der Waals surface area contributed by atoms with Gasteiger partial charge in [-0.05, 0) is 58.3 Å². The molecule has 98 heavy (non-hydrogen) atoms. The quantitative estimate of drug-likeness (QED) is 0.00985. The maximum absolute atomic E-state index is 14.5. The molecule has 1 N–H and O–H groups in total. The number of rotatable bonds is 34. The SMILES string of the molecule is COc1ccc(CO[C@@H]2[C@H](OCc3ccccc3)[C@H](O[C@H]3[C@H](OC(C)=O)[C@@H](NC(=O)OCC(Cl)(Cl)Cl)[C@H](O[C@H]4[C@H](OCc5ccccc5)[C@@H](N=[N+]=[N-])[C@H](OCCCCCCCl)O[C@@H]4COCc4ccccc4)O[C@@H]3COCc3ccccc3)O[C@@H]3COC(c4ccccc4)O[C@@H]23)cc1. The number of carbonyl (C=O) groups is 2. The van der Waals surface area contributed by atoms with Gasteiger partial charge in [0.05, 0.1) is 60.0 Å². The Morgan fingerprint density at radius 3 is 1.63 bits per heavy atom. The van der Waals surface area contributed by atoms with Crippen molar-refractivity contribution in [3.8, 4) is 5.75 Å². The number of methoxy groups -OCH3 is 1. The van der Waals surface area contributed by atoms with Crippen LogP contribution in [-0.4, -0.2) is 154 Å². The Hall–Kier alpha value is -6.19. The Balaban J connectivity index is 1.07. The molecule has 526 valence electrons. The number of amides is 1. The molecule has 4 fully saturated rings. The molecule has 0 saturated carbocycles. The number of nitrogens with zero attached hydrogens (tertiary/aromatic N) is 3. The van der Waals surface area contributed by atoms with Gasteiger partial charge in [-0.25, -0.2) is 4.79 Å². The Morgan fingerprint density at radius 2 is 1.08 bits per heavy atom. The summed E-state index contributed by atoms with van der Waals surface area (Å²) in [5.41, 5.74) is 15.2. The summed E-state index contributed by atoms with van der Waals surface area (Å²) in [6, 6.07) is 51.9. The minimum atomic E-state index is -2.07. The summed E-state index contributed by atoms with van der Waals surface area (Å²) in [4.78, 5) is 31.9. The summed E-state index contributed by atoms with van der Waals surface area (Å²) in [5, 5.41) is 7.11. The molecule has 0 radical (unpaired) electrons. The average Bonchev–Trinajstić information content (AvgIpc) is 0.760. The lowest BCUT2D eigenvalue weighted by Gasteiger charge is -2.52. The van der Waals surface area contributed by atoms with Crippen molar-refractivity contribution in [3.05, 3.63) is 220 Å². The van der Waals surface area contributed by atoms with E-state index in [-0.39, 0.29) is 59.5 Å². The van der Waals surface area contributed by atoms with Gasteiger partial charge in [0.2, 0.25) is 3.79 Å². The molecule has 4 aliphatic heterocycles. The summed E-state index contributed by atoms with van der Waals surface area (Å²) in [5.74, 6) is 0.360. The van der Waals surface area contributed by atoms with Crippen molar-refractivity contribution >= 4 is 58.5 Å². The molecular formula is C72H82Cl4N4O18. The predicted molar refractivity (Wildman–Crippen MR) is 362 cm³/mol. The zero-order chi connectivity index (χ0) is 68.5. The topological polar surface area (TPSA) is 243 Å². The van der Waals surface area contributed by atoms with Crippen molar-refractivity contribution < 1.29 is 85.4 Å². The number of alkyl carbamates (subject to hydrolysis) is 1. The summed E-state index contributed by atoms with van der Waals surface area (Å²) in [7, 11) is 1.59. The average molecular weight is 1430 g/mol. The smallest absolute Gasteiger partial charge is 0.407 e. The van der Waals surface area contributed by atoms with E-state index >= 15 is 0 Å². The lowest BCUT2D eigenvalue weighted by molar-refractivity contribution is -0.393. The summed E-state index contributed by atoms with van der Waals surface area (Å²) in [6.07, 6.45) is -15.1. The predicted octanol–water partition coefficient (Wildman–Crippen LogP) is 13.1. The van der Waals surface area contributed by atoms with Gasteiger partial charge in [0, 0.05) is 29.9 Å². The maximum atomic E-state index is 14.5. The highest BCUT2D eigenvalue weighted by Gasteiger charge is 2.58. The number of fused-ring (bicyclic) bond motifs is 1. The van der Waals surface area contributed by atoms with E-state index in [1.54, 1.807) is 7.11 Å². The van der Waals surface area contributed by atoms with Crippen LogP contribution in [0.4, 0.5) is 4.79 Å². The van der Waals surface area contributed by atoms with Crippen LogP contribution in [0.1, 0.15) is 72.3 Å². The number of esters is 1. The van der Waals surface area contributed by atoms with E-state index < -0.39 is 121 Å². The lowest BCUT2D eigenvalue weighted by atomic mass is 9.93. The van der Waals surface area contributed by atoms with E-state index in [9.17, 15) is 15.1 Å². The molecule has 0 aromatic heterocycles. The van der Waals surface area contributed by atoms with Gasteiger partial charge >= 0.3 is 12.1 Å². The molecule has 0 spiro atoms. The van der Waals surface area contributed by atoms with E-state index in [2.05, 4.69) is 15.3 Å². The Bertz CT molecular complexity index is 3360. The largest absolute Gasteiger partial charge is 0.497 e. The van der Waals surface area contributed by atoms with Gasteiger partial charge in [-0.15, -0.1) is 11.6 Å². The van der Waals surface area contributed by atoms with Gasteiger partial charge in [-0.3, -0.25) is 4.79 Å². The van der Waals surface area contributed by atoms with Crippen molar-refractivity contribution in [3.63, 3.8) is 0 Å². The molecule has 1 unspecified atom stereocenters. The number of halogens is 4. The summed E-state index contributed by atoms with van der Waals surface area (Å²) >= 11 is 24.6. The highest BCUT2D eigenvalue weighted by molar-refractivity contribution is 6.67. The zero-order valence-corrected chi connectivity index (χ0v) is 57.3. The van der Waals surface area contributed by atoms with E-state index in [0.717, 1.165) is 52.6 Å². The van der Waals surface area contributed by atoms with Crippen LogP contribution in [0.3, 0.4) is 0 Å². The number of azide groups is 1. The molecule has 6 aromatic carbocycles. The van der Waals surface area contributed by atoms with E-state index in [0.29, 0.717) is 18.1 Å². The maximum Gasteiger partial charge on any atom is 0.407 e. The standard InChI is InChI=1S/C72H82Cl4N4O18/c1-47(81)92-64-58(78-71(82)91-46-72(74,75)76)69(97-60-55(43-84-38-48-22-10-5-11-23-48)93-68(86-37-21-4-3-20-36-73)59(79-80-77)63(60)87-40-50-26-14-7-15-27-50)94-56(44-85-39-49-24-12-6-13-25-49)61(64)98-70-66(89-41-51-28-16-8-17-29-51)65(88-42-52-32-34-54(83-2)35-33-52)62-57(95-70)45-90-67(96-62)53-30-18-9-19-31-53/h5-19,22-35,55-70H,3-4,20-21,36-46H2,1-2H3,(H,78,82)/t55-,56-,57-,58-,59-,60-,61-,62-,63-,64-,65+,66+,67?,68-,69+,70+/m1/s1. The van der Waals surface area contributed by atoms with Crippen LogP contribution in [0.15, 0.2) is 181 Å². The first-order valence-electron chi connectivity index (χ1n) is 32.6. The van der Waals surface area contributed by atoms with Crippen molar-refractivity contribution in [2.24, 2.45) is 5.11 Å². The normalized spacial score (nSPS) is 27.0. The van der Waals surface area contributed by atoms with Crippen molar-refractivity contribution in [2.45, 2.75) is 168 Å². The lowest BCUT2D eigenvalue weighted by Crippen LogP contribution is -2.70. The van der Waals surface area contributed by atoms with Gasteiger partial charge in [-0.2, -0.15) is 0 Å². The molecule has 10 rings (SSSR count). The van der Waals surface area contributed by atoms with Crippen molar-refractivity contribution in [1.29, 1.82) is 0 Å². The first-order valence-corrected chi connectivity index (χ1v) is 34.3. The fourth-order valence-corrected chi connectivity index (χ4v) is 12.2. The fraction of sp³-hybridized carbons (Fsp3) is 0.472. The molecule has 4 aliphatic rings. The summed E-state index contributed by atoms with van der Waals surface area (Å²) in [6.45, 7) is 0.544. The molecule has 4 saturated heterocycles. The number of ether oxygens (including phenoxy) is 16. The minimum absolute atomic E-state index is 0.00428. The molecule has 22 nitrogen and oxygen atoms in total. The second-order valence-corrected chi connectivity index (χ2v) is 26.7. The second kappa shape index (κ2) is 38.6. The van der Waals surface area contributed by atoms with Crippen molar-refractivity contribution in [1.82, 2.24) is 5.32 Å². The highest BCUT2D eigenvalue weighted by atomic mass is 35.6. The molecule has 6 aromatic rings. The number of benzene rings is 6. The van der Waals surface area contributed by atoms with E-state index in [1.807, 2.05) is 176 Å². The first-order chi connectivity index (χ1) is 47.8. The third-order valence-corrected chi connectivity index (χ3v) is 17.2. The Kier molecular flexibility index (Phi) is 29.3. The molecular weight excluding hydrogens is 1350 g/mol. The van der Waals surface area contributed by atoms with E-state index in [4.69, 9.17) is 122 Å². The minimum Gasteiger partial charge on any atom is -0.497 e. The Morgan fingerprint density at radius 1 is 0.571 bits per heavy atom. The number of alkyl halides is 4. The highest BCUT2D eigenvalue weighted by Crippen LogP contribution is 2.41. The van der Waals surface area contributed by atoms with Gasteiger partial charge in [-0.1, -0.05) is 217 Å². The molecule has 4 heterocycles. The van der Waals surface area contributed by atoms with Crippen LogP contribution in [0, 0.1) is 0 Å². The van der Waals surface area contributed by atoms with Crippen LogP contribution in [0.5, 0.6) is 5.75 Å². The number of nitrogens with one attached hydrogen (secondary N) is 1. The van der Waals surface area contributed by atoms with E-state index in [1.165, 1.54) is 6.92 Å². The van der Waals surface area contributed by atoms with Gasteiger partial charge < -0.3 is 81.1 Å². The molecule has 16 atom stereocenters. The van der Waals surface area contributed by atoms with Crippen LogP contribution in [0.25, 0.3) is 10.4 Å². The number of hydrogen-bond acceptors (Lipinski definition) is 19. The third kappa shape index (κ3) is 22.2. The summed E-state index contributed by atoms with van der Waals surface area (Å²) < 4.78 is 105. The first kappa shape index (κ1) is 74.5. The molecule has 1 amide bonds. The van der Waals surface area contributed by atoms with Crippen LogP contribution in [0.2, 0.25) is 0 Å². The van der Waals surface area contributed by atoms with Gasteiger partial charge in [0.25, 0.3) is 0 Å². The molecule has 26 heteroatoms. The van der Waals surface area contributed by atoms with Gasteiger partial charge in [0.15, 0.2) is 31.3 Å². The third-order valence-electron chi connectivity index (χ3n) is 16.6.